The molecule has 21 heavy (non-hydrogen) atoms. The van der Waals surface area contributed by atoms with Crippen LogP contribution in [0.2, 0.25) is 0 Å². The number of piperidine rings is 1. The summed E-state index contributed by atoms with van der Waals surface area (Å²) in [7, 11) is 0. The molecule has 116 valence electrons. The van der Waals surface area contributed by atoms with Crippen molar-refractivity contribution in [1.82, 2.24) is 9.80 Å². The largest absolute Gasteiger partial charge is 0.386 e. The minimum Gasteiger partial charge on any atom is -0.386 e. The molecule has 0 bridgehead atoms. The molecule has 2 aliphatic carbocycles. The summed E-state index contributed by atoms with van der Waals surface area (Å²) >= 11 is 0. The molecule has 1 N–H and O–H groups in total. The summed E-state index contributed by atoms with van der Waals surface area (Å²) in [5.74, 6) is 1.01. The van der Waals surface area contributed by atoms with E-state index in [1.54, 1.807) is 4.90 Å². The number of β-amino-alcohol motifs (C(OH)–C–C–N with tert-alkyl or cyclic N) is 1. The molecule has 2 saturated heterocycles. The van der Waals surface area contributed by atoms with Crippen LogP contribution >= 0.6 is 0 Å². The molecule has 0 aromatic rings. The molecule has 0 aromatic heterocycles. The summed E-state index contributed by atoms with van der Waals surface area (Å²) in [5, 5.41) is 10.3. The SMILES string of the molecule is O=C(C1CC1)N1CCCC(C(=O)N2CC(O)(C3CC3)C2)C1. The van der Waals surface area contributed by atoms with Gasteiger partial charge in [-0.25, -0.2) is 0 Å². The normalized spacial score (nSPS) is 31.8. The van der Waals surface area contributed by atoms with Crippen molar-refractivity contribution in [2.24, 2.45) is 17.8 Å². The summed E-state index contributed by atoms with van der Waals surface area (Å²) in [6, 6.07) is 0. The Morgan fingerprint density at radius 3 is 2.19 bits per heavy atom. The van der Waals surface area contributed by atoms with Gasteiger partial charge in [0.15, 0.2) is 0 Å². The first kappa shape index (κ1) is 13.6. The maximum Gasteiger partial charge on any atom is 0.227 e. The Balaban J connectivity index is 1.33. The number of amides is 2. The zero-order chi connectivity index (χ0) is 14.6. The van der Waals surface area contributed by atoms with E-state index in [9.17, 15) is 14.7 Å². The van der Waals surface area contributed by atoms with E-state index in [0.717, 1.165) is 45.1 Å². The van der Waals surface area contributed by atoms with Crippen LogP contribution in [0.5, 0.6) is 0 Å². The zero-order valence-corrected chi connectivity index (χ0v) is 12.5. The molecule has 2 heterocycles. The van der Waals surface area contributed by atoms with Crippen molar-refractivity contribution in [3.8, 4) is 0 Å². The fourth-order valence-electron chi connectivity index (χ4n) is 3.87. The minimum absolute atomic E-state index is 0.0507. The highest BCUT2D eigenvalue weighted by atomic mass is 16.3. The minimum atomic E-state index is -0.603. The van der Waals surface area contributed by atoms with Crippen molar-refractivity contribution in [1.29, 1.82) is 0 Å². The van der Waals surface area contributed by atoms with Crippen LogP contribution in [0.25, 0.3) is 0 Å². The van der Waals surface area contributed by atoms with Gasteiger partial charge in [-0.15, -0.1) is 0 Å². The molecule has 4 rings (SSSR count). The lowest BCUT2D eigenvalue weighted by Gasteiger charge is -2.48. The second-order valence-electron chi connectivity index (χ2n) is 7.47. The van der Waals surface area contributed by atoms with Crippen molar-refractivity contribution in [3.63, 3.8) is 0 Å². The van der Waals surface area contributed by atoms with Crippen molar-refractivity contribution in [2.75, 3.05) is 26.2 Å². The van der Waals surface area contributed by atoms with Crippen molar-refractivity contribution in [3.05, 3.63) is 0 Å². The summed E-state index contributed by atoms with van der Waals surface area (Å²) < 4.78 is 0. The molecule has 2 aliphatic heterocycles. The molecule has 0 aromatic carbocycles. The van der Waals surface area contributed by atoms with Gasteiger partial charge in [-0.1, -0.05) is 0 Å². The molecule has 2 amide bonds. The van der Waals surface area contributed by atoms with Crippen LogP contribution in [0.3, 0.4) is 0 Å². The van der Waals surface area contributed by atoms with Crippen LogP contribution in [0, 0.1) is 17.8 Å². The number of nitrogens with zero attached hydrogens (tertiary/aromatic N) is 2. The van der Waals surface area contributed by atoms with Crippen LogP contribution in [0.15, 0.2) is 0 Å². The van der Waals surface area contributed by atoms with Crippen molar-refractivity contribution >= 4 is 11.8 Å². The Labute approximate surface area is 125 Å². The smallest absolute Gasteiger partial charge is 0.227 e. The standard InChI is InChI=1S/C16H24N2O3/c19-14(11-3-4-11)17-7-1-2-12(8-17)15(20)18-9-16(21,10-18)13-5-6-13/h11-13,21H,1-10H2. The Morgan fingerprint density at radius 2 is 1.57 bits per heavy atom. The van der Waals surface area contributed by atoms with E-state index in [1.165, 1.54) is 0 Å². The van der Waals surface area contributed by atoms with Gasteiger partial charge < -0.3 is 14.9 Å². The zero-order valence-electron chi connectivity index (χ0n) is 12.5. The van der Waals surface area contributed by atoms with Gasteiger partial charge in [0, 0.05) is 19.0 Å². The third kappa shape index (κ3) is 2.45. The van der Waals surface area contributed by atoms with Crippen LogP contribution in [-0.4, -0.2) is 58.5 Å². The lowest BCUT2D eigenvalue weighted by Crippen LogP contribution is -2.66. The highest BCUT2D eigenvalue weighted by Crippen LogP contribution is 2.45. The maximum absolute atomic E-state index is 12.5. The second-order valence-corrected chi connectivity index (χ2v) is 7.47. The Hall–Kier alpha value is -1.10. The highest BCUT2D eigenvalue weighted by Gasteiger charge is 2.54. The number of hydrogen-bond donors (Lipinski definition) is 1. The van der Waals surface area contributed by atoms with E-state index in [2.05, 4.69) is 0 Å². The fraction of sp³-hybridized carbons (Fsp3) is 0.875. The summed E-state index contributed by atoms with van der Waals surface area (Å²) in [5.41, 5.74) is -0.603. The van der Waals surface area contributed by atoms with E-state index in [-0.39, 0.29) is 23.7 Å². The average Bonchev–Trinajstić information content (AvgIpc) is 3.33. The van der Waals surface area contributed by atoms with E-state index < -0.39 is 5.60 Å². The van der Waals surface area contributed by atoms with E-state index in [1.807, 2.05) is 4.90 Å². The quantitative estimate of drug-likeness (QED) is 0.829. The van der Waals surface area contributed by atoms with E-state index >= 15 is 0 Å². The number of carbonyl (C=O) groups excluding carboxylic acids is 2. The molecule has 0 spiro atoms. The topological polar surface area (TPSA) is 60.9 Å². The number of aliphatic hydroxyl groups is 1. The predicted octanol–water partition coefficient (Wildman–Crippen LogP) is 0.618. The second kappa shape index (κ2) is 4.70. The monoisotopic (exact) mass is 292 g/mol. The van der Waals surface area contributed by atoms with Crippen LogP contribution < -0.4 is 0 Å². The number of hydrogen-bond acceptors (Lipinski definition) is 3. The summed E-state index contributed by atoms with van der Waals surface area (Å²) in [6.07, 6.45) is 6.06. The first-order valence-electron chi connectivity index (χ1n) is 8.37. The molecule has 1 unspecified atom stereocenters. The molecule has 1 atom stereocenters. The predicted molar refractivity (Wildman–Crippen MR) is 76.3 cm³/mol. The number of likely N-dealkylation sites (tertiary alicyclic amines) is 2. The first-order valence-corrected chi connectivity index (χ1v) is 8.37. The highest BCUT2D eigenvalue weighted by molar-refractivity contribution is 5.84. The Morgan fingerprint density at radius 1 is 0.905 bits per heavy atom. The first-order chi connectivity index (χ1) is 10.1. The molecule has 2 saturated carbocycles. The van der Waals surface area contributed by atoms with Crippen LogP contribution in [-0.2, 0) is 9.59 Å². The van der Waals surface area contributed by atoms with E-state index in [0.29, 0.717) is 25.6 Å². The lowest BCUT2D eigenvalue weighted by atomic mass is 9.86. The molecule has 5 heteroatoms. The fourth-order valence-corrected chi connectivity index (χ4v) is 3.87. The van der Waals surface area contributed by atoms with Crippen molar-refractivity contribution < 1.29 is 14.7 Å². The van der Waals surface area contributed by atoms with Gasteiger partial charge >= 0.3 is 0 Å². The van der Waals surface area contributed by atoms with Gasteiger partial charge in [-0.3, -0.25) is 9.59 Å². The number of carbonyl (C=O) groups is 2. The Kier molecular flexibility index (Phi) is 3.03. The summed E-state index contributed by atoms with van der Waals surface area (Å²) in [6.45, 7) is 2.41. The molecule has 4 fully saturated rings. The maximum atomic E-state index is 12.5. The molecular weight excluding hydrogens is 268 g/mol. The Bertz CT molecular complexity index is 464. The average molecular weight is 292 g/mol. The van der Waals surface area contributed by atoms with Gasteiger partial charge in [-0.05, 0) is 44.4 Å². The van der Waals surface area contributed by atoms with Crippen molar-refractivity contribution in [2.45, 2.75) is 44.1 Å². The molecule has 4 aliphatic rings. The summed E-state index contributed by atoms with van der Waals surface area (Å²) in [4.78, 5) is 28.4. The lowest BCUT2D eigenvalue weighted by molar-refractivity contribution is -0.165. The molecular formula is C16H24N2O3. The van der Waals surface area contributed by atoms with Gasteiger partial charge in [0.25, 0.3) is 0 Å². The molecule has 0 radical (unpaired) electrons. The van der Waals surface area contributed by atoms with Gasteiger partial charge in [-0.2, -0.15) is 0 Å². The van der Waals surface area contributed by atoms with E-state index in [4.69, 9.17) is 0 Å². The van der Waals surface area contributed by atoms with Gasteiger partial charge in [0.2, 0.25) is 11.8 Å². The third-order valence-corrected chi connectivity index (χ3v) is 5.59. The van der Waals surface area contributed by atoms with Crippen LogP contribution in [0.1, 0.15) is 38.5 Å². The van der Waals surface area contributed by atoms with Crippen LogP contribution in [0.4, 0.5) is 0 Å². The van der Waals surface area contributed by atoms with Gasteiger partial charge in [0.05, 0.1) is 19.0 Å². The molecule has 5 nitrogen and oxygen atoms in total. The van der Waals surface area contributed by atoms with Gasteiger partial charge in [0.1, 0.15) is 5.60 Å². The third-order valence-electron chi connectivity index (χ3n) is 5.59. The number of rotatable bonds is 3.